The van der Waals surface area contributed by atoms with Crippen LogP contribution in [0, 0.1) is 12.8 Å². The maximum absolute atomic E-state index is 11.1. The van der Waals surface area contributed by atoms with Gasteiger partial charge in [-0.3, -0.25) is 14.6 Å². The summed E-state index contributed by atoms with van der Waals surface area (Å²) in [6, 6.07) is 8.54. The predicted molar refractivity (Wildman–Crippen MR) is 97.4 cm³/mol. The van der Waals surface area contributed by atoms with Gasteiger partial charge in [-0.2, -0.15) is 0 Å². The summed E-state index contributed by atoms with van der Waals surface area (Å²) in [5.74, 6) is -0.988. The van der Waals surface area contributed by atoms with Gasteiger partial charge >= 0.3 is 5.97 Å². The van der Waals surface area contributed by atoms with Crippen LogP contribution in [0.25, 0.3) is 0 Å². The fraction of sp³-hybridized carbons (Fsp3) is 0.650. The SMILES string of the molecule is Cc1ccccc1CN1CCN(CC2(O)CCC(C(=O)O)CC2)CC1. The fourth-order valence-electron chi connectivity index (χ4n) is 4.11. The molecule has 1 aliphatic heterocycles. The number of aliphatic hydroxyl groups is 1. The first-order chi connectivity index (χ1) is 12.0. The highest BCUT2D eigenvalue weighted by Crippen LogP contribution is 2.33. The molecular weight excluding hydrogens is 316 g/mol. The van der Waals surface area contributed by atoms with Crippen molar-refractivity contribution in [1.29, 1.82) is 0 Å². The molecule has 1 aliphatic carbocycles. The zero-order chi connectivity index (χ0) is 17.9. The number of hydrogen-bond donors (Lipinski definition) is 2. The lowest BCUT2D eigenvalue weighted by atomic mass is 9.78. The number of aryl methyl sites for hydroxylation is 1. The third-order valence-electron chi connectivity index (χ3n) is 5.90. The van der Waals surface area contributed by atoms with E-state index in [4.69, 9.17) is 5.11 Å². The Morgan fingerprint density at radius 2 is 1.72 bits per heavy atom. The molecule has 1 saturated heterocycles. The van der Waals surface area contributed by atoms with Crippen molar-refractivity contribution in [3.05, 3.63) is 35.4 Å². The molecule has 138 valence electrons. The average Bonchev–Trinajstić information content (AvgIpc) is 2.59. The molecule has 0 atom stereocenters. The number of carbonyl (C=O) groups is 1. The van der Waals surface area contributed by atoms with Crippen LogP contribution in [0.5, 0.6) is 0 Å². The number of aliphatic carboxylic acids is 1. The van der Waals surface area contributed by atoms with Gasteiger partial charge in [0.1, 0.15) is 0 Å². The fourth-order valence-corrected chi connectivity index (χ4v) is 4.11. The molecule has 0 aromatic heterocycles. The van der Waals surface area contributed by atoms with Crippen molar-refractivity contribution in [2.24, 2.45) is 5.92 Å². The van der Waals surface area contributed by atoms with Crippen molar-refractivity contribution in [2.75, 3.05) is 32.7 Å². The maximum atomic E-state index is 11.1. The van der Waals surface area contributed by atoms with Gasteiger partial charge in [0.15, 0.2) is 0 Å². The van der Waals surface area contributed by atoms with Gasteiger partial charge in [-0.1, -0.05) is 24.3 Å². The lowest BCUT2D eigenvalue weighted by Gasteiger charge is -2.42. The Morgan fingerprint density at radius 3 is 2.32 bits per heavy atom. The van der Waals surface area contributed by atoms with E-state index in [0.29, 0.717) is 32.2 Å². The van der Waals surface area contributed by atoms with Gasteiger partial charge in [0.25, 0.3) is 0 Å². The van der Waals surface area contributed by atoms with Crippen LogP contribution in [0.2, 0.25) is 0 Å². The molecule has 5 nitrogen and oxygen atoms in total. The van der Waals surface area contributed by atoms with E-state index >= 15 is 0 Å². The number of carboxylic acids is 1. The molecule has 1 heterocycles. The van der Waals surface area contributed by atoms with Crippen LogP contribution >= 0.6 is 0 Å². The Balaban J connectivity index is 1.45. The molecule has 5 heteroatoms. The Bertz CT molecular complexity index is 588. The van der Waals surface area contributed by atoms with Gasteiger partial charge in [0.05, 0.1) is 11.5 Å². The van der Waals surface area contributed by atoms with Crippen molar-refractivity contribution in [1.82, 2.24) is 9.80 Å². The highest BCUT2D eigenvalue weighted by molar-refractivity contribution is 5.70. The molecule has 0 amide bonds. The van der Waals surface area contributed by atoms with E-state index in [0.717, 1.165) is 32.7 Å². The summed E-state index contributed by atoms with van der Waals surface area (Å²) in [7, 11) is 0. The first kappa shape index (κ1) is 18.4. The predicted octanol–water partition coefficient (Wildman–Crippen LogP) is 2.12. The third-order valence-corrected chi connectivity index (χ3v) is 5.90. The van der Waals surface area contributed by atoms with Crippen LogP contribution in [0.3, 0.4) is 0 Å². The number of benzene rings is 1. The third kappa shape index (κ3) is 4.81. The van der Waals surface area contributed by atoms with Crippen LogP contribution < -0.4 is 0 Å². The Hall–Kier alpha value is -1.43. The molecule has 1 saturated carbocycles. The molecule has 3 rings (SSSR count). The summed E-state index contributed by atoms with van der Waals surface area (Å²) in [6.07, 6.45) is 2.40. The lowest BCUT2D eigenvalue weighted by molar-refractivity contribution is -0.145. The number of nitrogens with zero attached hydrogens (tertiary/aromatic N) is 2. The van der Waals surface area contributed by atoms with Gasteiger partial charge in [-0.15, -0.1) is 0 Å². The van der Waals surface area contributed by atoms with E-state index < -0.39 is 11.6 Å². The first-order valence-corrected chi connectivity index (χ1v) is 9.40. The zero-order valence-electron chi connectivity index (χ0n) is 15.2. The Morgan fingerprint density at radius 1 is 1.12 bits per heavy atom. The first-order valence-electron chi connectivity index (χ1n) is 9.40. The van der Waals surface area contributed by atoms with Crippen molar-refractivity contribution < 1.29 is 15.0 Å². The molecule has 0 unspecified atom stereocenters. The number of piperazine rings is 1. The minimum Gasteiger partial charge on any atom is -0.481 e. The van der Waals surface area contributed by atoms with Gasteiger partial charge in [0, 0.05) is 39.3 Å². The van der Waals surface area contributed by atoms with Gasteiger partial charge in [-0.05, 0) is 43.7 Å². The molecule has 25 heavy (non-hydrogen) atoms. The second kappa shape index (κ2) is 7.85. The van der Waals surface area contributed by atoms with Crippen molar-refractivity contribution in [3.8, 4) is 0 Å². The highest BCUT2D eigenvalue weighted by Gasteiger charge is 2.37. The summed E-state index contributed by atoms with van der Waals surface area (Å²) in [4.78, 5) is 15.9. The molecule has 0 radical (unpaired) electrons. The van der Waals surface area contributed by atoms with E-state index in [9.17, 15) is 9.90 Å². The number of β-amino-alcohol motifs (C(OH)–C–C–N with tert-alkyl or cyclic N) is 1. The van der Waals surface area contributed by atoms with Crippen molar-refractivity contribution in [2.45, 2.75) is 44.8 Å². The molecule has 2 aliphatic rings. The van der Waals surface area contributed by atoms with E-state index in [1.165, 1.54) is 11.1 Å². The molecule has 1 aromatic rings. The van der Waals surface area contributed by atoms with Gasteiger partial charge in [-0.25, -0.2) is 0 Å². The quantitative estimate of drug-likeness (QED) is 0.855. The van der Waals surface area contributed by atoms with Crippen LogP contribution in [0.4, 0.5) is 0 Å². The number of rotatable bonds is 5. The molecule has 0 spiro atoms. The Kier molecular flexibility index (Phi) is 5.77. The molecule has 0 bridgehead atoms. The summed E-state index contributed by atoms with van der Waals surface area (Å²) < 4.78 is 0. The standard InChI is InChI=1S/C20H30N2O3/c1-16-4-2-3-5-18(16)14-21-10-12-22(13-11-21)15-20(25)8-6-17(7-9-20)19(23)24/h2-5,17,25H,6-15H2,1H3,(H,23,24). The maximum Gasteiger partial charge on any atom is 0.306 e. The van der Waals surface area contributed by atoms with Crippen LogP contribution in [0.15, 0.2) is 24.3 Å². The number of hydrogen-bond acceptors (Lipinski definition) is 4. The minimum absolute atomic E-state index is 0.272. The van der Waals surface area contributed by atoms with E-state index in [1.807, 2.05) is 0 Å². The second-order valence-electron chi connectivity index (χ2n) is 7.82. The zero-order valence-corrected chi connectivity index (χ0v) is 15.2. The minimum atomic E-state index is -0.716. The number of carboxylic acid groups (broad SMARTS) is 1. The summed E-state index contributed by atoms with van der Waals surface area (Å²) in [5, 5.41) is 19.9. The topological polar surface area (TPSA) is 64.0 Å². The molecule has 1 aromatic carbocycles. The Labute approximate surface area is 150 Å². The largest absolute Gasteiger partial charge is 0.481 e. The van der Waals surface area contributed by atoms with Gasteiger partial charge < -0.3 is 10.2 Å². The van der Waals surface area contributed by atoms with E-state index in [-0.39, 0.29) is 5.92 Å². The molecule has 2 N–H and O–H groups in total. The highest BCUT2D eigenvalue weighted by atomic mass is 16.4. The van der Waals surface area contributed by atoms with Crippen LogP contribution in [-0.2, 0) is 11.3 Å². The normalized spacial score (nSPS) is 28.8. The lowest BCUT2D eigenvalue weighted by Crippen LogP contribution is -2.52. The van der Waals surface area contributed by atoms with E-state index in [2.05, 4.69) is 41.0 Å². The molecule has 2 fully saturated rings. The van der Waals surface area contributed by atoms with Gasteiger partial charge in [0.2, 0.25) is 0 Å². The summed E-state index contributed by atoms with van der Waals surface area (Å²) in [6.45, 7) is 7.80. The monoisotopic (exact) mass is 346 g/mol. The van der Waals surface area contributed by atoms with Crippen LogP contribution in [0.1, 0.15) is 36.8 Å². The average molecular weight is 346 g/mol. The summed E-state index contributed by atoms with van der Waals surface area (Å²) >= 11 is 0. The van der Waals surface area contributed by atoms with E-state index in [1.54, 1.807) is 0 Å². The summed E-state index contributed by atoms with van der Waals surface area (Å²) in [5.41, 5.74) is 2.03. The smallest absolute Gasteiger partial charge is 0.306 e. The van der Waals surface area contributed by atoms with Crippen molar-refractivity contribution >= 4 is 5.97 Å². The molecular formula is C20H30N2O3. The second-order valence-corrected chi connectivity index (χ2v) is 7.82. The van der Waals surface area contributed by atoms with Crippen LogP contribution in [-0.4, -0.2) is 64.3 Å². The van der Waals surface area contributed by atoms with Crippen molar-refractivity contribution in [3.63, 3.8) is 0 Å².